The average Bonchev–Trinajstić information content (AvgIpc) is 3.50. The number of fused-ring (bicyclic) bond motifs is 1. The van der Waals surface area contributed by atoms with E-state index in [0.717, 1.165) is 16.4 Å². The summed E-state index contributed by atoms with van der Waals surface area (Å²) in [6.45, 7) is 1.16. The van der Waals surface area contributed by atoms with Crippen LogP contribution in [0, 0.1) is 5.92 Å². The number of rotatable bonds is 6. The van der Waals surface area contributed by atoms with Gasteiger partial charge in [-0.1, -0.05) is 30.3 Å². The van der Waals surface area contributed by atoms with Crippen LogP contribution < -0.4 is 14.8 Å². The summed E-state index contributed by atoms with van der Waals surface area (Å²) < 4.78 is 11.1. The minimum atomic E-state index is 0.0700. The summed E-state index contributed by atoms with van der Waals surface area (Å²) in [4.78, 5) is 13.4. The summed E-state index contributed by atoms with van der Waals surface area (Å²) in [6, 6.07) is 16.2. The van der Waals surface area contributed by atoms with Crippen molar-refractivity contribution < 1.29 is 14.3 Å². The molecule has 1 N–H and O–H groups in total. The van der Waals surface area contributed by atoms with Gasteiger partial charge < -0.3 is 14.8 Å². The molecule has 2 aromatic rings. The van der Waals surface area contributed by atoms with Crippen LogP contribution in [0.15, 0.2) is 53.4 Å². The third kappa shape index (κ3) is 4.10. The van der Waals surface area contributed by atoms with Crippen molar-refractivity contribution in [3.8, 4) is 11.5 Å². The fourth-order valence-electron chi connectivity index (χ4n) is 3.04. The minimum absolute atomic E-state index is 0.0700. The molecule has 0 bridgehead atoms. The second-order valence-electron chi connectivity index (χ2n) is 6.39. The van der Waals surface area contributed by atoms with Crippen molar-refractivity contribution in [3.63, 3.8) is 0 Å². The van der Waals surface area contributed by atoms with E-state index in [2.05, 4.69) is 17.4 Å². The van der Waals surface area contributed by atoms with Crippen molar-refractivity contribution in [2.24, 2.45) is 5.92 Å². The topological polar surface area (TPSA) is 47.6 Å². The molecule has 5 heteroatoms. The van der Waals surface area contributed by atoms with Crippen molar-refractivity contribution in [1.82, 2.24) is 5.32 Å². The molecule has 2 aromatic carbocycles. The molecule has 0 spiro atoms. The molecular formula is C20H21NO3S. The minimum Gasteiger partial charge on any atom is -0.486 e. The fraction of sp³-hybridized carbons (Fsp3) is 0.350. The molecule has 1 unspecified atom stereocenters. The van der Waals surface area contributed by atoms with Crippen LogP contribution in [0.3, 0.4) is 0 Å². The molecule has 1 heterocycles. The van der Waals surface area contributed by atoms with Gasteiger partial charge in [0.05, 0.1) is 11.8 Å². The molecule has 0 aromatic heterocycles. The van der Waals surface area contributed by atoms with E-state index in [1.54, 1.807) is 0 Å². The smallest absolute Gasteiger partial charge is 0.230 e. The Bertz CT molecular complexity index is 746. The van der Waals surface area contributed by atoms with E-state index < -0.39 is 0 Å². The Morgan fingerprint density at radius 3 is 2.60 bits per heavy atom. The van der Waals surface area contributed by atoms with Gasteiger partial charge in [-0.05, 0) is 42.5 Å². The molecule has 2 aliphatic rings. The highest BCUT2D eigenvalue weighted by Crippen LogP contribution is 2.41. The Morgan fingerprint density at radius 1 is 1.08 bits per heavy atom. The summed E-state index contributed by atoms with van der Waals surface area (Å²) in [6.07, 6.45) is 2.38. The van der Waals surface area contributed by atoms with Crippen LogP contribution >= 0.6 is 11.8 Å². The standard InChI is InChI=1S/C20H21NO3S/c22-19(21-20(15-6-7-15)14-4-2-1-3-5-14)13-25-16-8-9-17-18(12-16)24-11-10-23-17/h1-5,8-9,12,15,20H,6-7,10-11,13H2,(H,21,22). The molecule has 1 aliphatic heterocycles. The van der Waals surface area contributed by atoms with E-state index in [-0.39, 0.29) is 11.9 Å². The number of nitrogens with one attached hydrogen (secondary N) is 1. The van der Waals surface area contributed by atoms with Crippen LogP contribution in [-0.4, -0.2) is 24.9 Å². The van der Waals surface area contributed by atoms with Crippen molar-refractivity contribution in [2.45, 2.75) is 23.8 Å². The first-order valence-corrected chi connectivity index (χ1v) is 9.65. The van der Waals surface area contributed by atoms with Crippen molar-refractivity contribution >= 4 is 17.7 Å². The van der Waals surface area contributed by atoms with Gasteiger partial charge in [0.25, 0.3) is 0 Å². The van der Waals surface area contributed by atoms with Crippen LogP contribution in [0.4, 0.5) is 0 Å². The van der Waals surface area contributed by atoms with Gasteiger partial charge in [0, 0.05) is 4.90 Å². The molecule has 1 atom stereocenters. The first kappa shape index (κ1) is 16.3. The number of amides is 1. The van der Waals surface area contributed by atoms with Gasteiger partial charge in [-0.2, -0.15) is 0 Å². The lowest BCUT2D eigenvalue weighted by Crippen LogP contribution is -2.31. The van der Waals surface area contributed by atoms with E-state index in [9.17, 15) is 4.79 Å². The van der Waals surface area contributed by atoms with Gasteiger partial charge in [0.15, 0.2) is 11.5 Å². The SMILES string of the molecule is O=C(CSc1ccc2c(c1)OCCO2)NC(c1ccccc1)C1CC1. The van der Waals surface area contributed by atoms with Crippen LogP contribution in [0.5, 0.6) is 11.5 Å². The molecule has 4 rings (SSSR count). The van der Waals surface area contributed by atoms with Crippen molar-refractivity contribution in [3.05, 3.63) is 54.1 Å². The Hall–Kier alpha value is -2.14. The zero-order chi connectivity index (χ0) is 17.1. The second-order valence-corrected chi connectivity index (χ2v) is 7.44. The Kier molecular flexibility index (Phi) is 4.83. The van der Waals surface area contributed by atoms with E-state index in [0.29, 0.717) is 24.9 Å². The maximum atomic E-state index is 12.4. The summed E-state index contributed by atoms with van der Waals surface area (Å²) in [7, 11) is 0. The summed E-state index contributed by atoms with van der Waals surface area (Å²) in [5, 5.41) is 3.21. The largest absolute Gasteiger partial charge is 0.486 e. The number of benzene rings is 2. The molecule has 4 nitrogen and oxygen atoms in total. The van der Waals surface area contributed by atoms with E-state index >= 15 is 0 Å². The number of carbonyl (C=O) groups is 1. The van der Waals surface area contributed by atoms with Crippen LogP contribution in [0.25, 0.3) is 0 Å². The van der Waals surface area contributed by atoms with Crippen LogP contribution in [0.1, 0.15) is 24.4 Å². The zero-order valence-electron chi connectivity index (χ0n) is 13.9. The van der Waals surface area contributed by atoms with Gasteiger partial charge >= 0.3 is 0 Å². The summed E-state index contributed by atoms with van der Waals surface area (Å²) in [5.41, 5.74) is 1.20. The lowest BCUT2D eigenvalue weighted by molar-refractivity contribution is -0.119. The number of thioether (sulfide) groups is 1. The van der Waals surface area contributed by atoms with Gasteiger partial charge in [0.2, 0.25) is 5.91 Å². The highest BCUT2D eigenvalue weighted by Gasteiger charge is 2.33. The zero-order valence-corrected chi connectivity index (χ0v) is 14.8. The Morgan fingerprint density at radius 2 is 1.84 bits per heavy atom. The maximum Gasteiger partial charge on any atom is 0.230 e. The van der Waals surface area contributed by atoms with Crippen LogP contribution in [0.2, 0.25) is 0 Å². The molecule has 130 valence electrons. The summed E-state index contributed by atoms with van der Waals surface area (Å²) in [5.74, 6) is 2.58. The van der Waals surface area contributed by atoms with E-state index in [1.165, 1.54) is 30.2 Å². The van der Waals surface area contributed by atoms with Crippen molar-refractivity contribution in [2.75, 3.05) is 19.0 Å². The highest BCUT2D eigenvalue weighted by molar-refractivity contribution is 8.00. The normalized spacial score (nSPS) is 17.0. The predicted octanol–water partition coefficient (Wildman–Crippen LogP) is 3.82. The average molecular weight is 355 g/mol. The van der Waals surface area contributed by atoms with Crippen LogP contribution in [-0.2, 0) is 4.79 Å². The molecule has 1 fully saturated rings. The maximum absolute atomic E-state index is 12.4. The number of ether oxygens (including phenoxy) is 2. The fourth-order valence-corrected chi connectivity index (χ4v) is 3.78. The summed E-state index contributed by atoms with van der Waals surface area (Å²) >= 11 is 1.52. The third-order valence-electron chi connectivity index (χ3n) is 4.45. The Labute approximate surface area is 151 Å². The number of carbonyl (C=O) groups excluding carboxylic acids is 1. The first-order chi connectivity index (χ1) is 12.3. The third-order valence-corrected chi connectivity index (χ3v) is 5.45. The monoisotopic (exact) mass is 355 g/mol. The quantitative estimate of drug-likeness (QED) is 0.801. The first-order valence-electron chi connectivity index (χ1n) is 8.66. The van der Waals surface area contributed by atoms with Gasteiger partial charge in [-0.25, -0.2) is 0 Å². The van der Waals surface area contributed by atoms with Gasteiger partial charge in [0.1, 0.15) is 13.2 Å². The Balaban J connectivity index is 1.35. The lowest BCUT2D eigenvalue weighted by atomic mass is 10.0. The predicted molar refractivity (Wildman–Crippen MR) is 98.2 cm³/mol. The number of hydrogen-bond acceptors (Lipinski definition) is 4. The molecule has 0 radical (unpaired) electrons. The molecular weight excluding hydrogens is 334 g/mol. The molecule has 0 saturated heterocycles. The second kappa shape index (κ2) is 7.40. The van der Waals surface area contributed by atoms with Gasteiger partial charge in [-0.3, -0.25) is 4.79 Å². The molecule has 1 amide bonds. The molecule has 1 saturated carbocycles. The molecule has 25 heavy (non-hydrogen) atoms. The van der Waals surface area contributed by atoms with Gasteiger partial charge in [-0.15, -0.1) is 11.8 Å². The lowest BCUT2D eigenvalue weighted by Gasteiger charge is -2.20. The van der Waals surface area contributed by atoms with E-state index in [4.69, 9.17) is 9.47 Å². The van der Waals surface area contributed by atoms with Crippen molar-refractivity contribution in [1.29, 1.82) is 0 Å². The highest BCUT2D eigenvalue weighted by atomic mass is 32.2. The molecule has 1 aliphatic carbocycles. The number of hydrogen-bond donors (Lipinski definition) is 1. The van der Waals surface area contributed by atoms with E-state index in [1.807, 2.05) is 36.4 Å².